The van der Waals surface area contributed by atoms with Crippen LogP contribution in [-0.2, 0) is 0 Å². The smallest absolute Gasteiger partial charge is 0.0953 e. The van der Waals surface area contributed by atoms with Crippen molar-refractivity contribution in [3.05, 3.63) is 48.0 Å². The molecule has 1 unspecified atom stereocenters. The molecule has 0 radical (unpaired) electrons. The maximum Gasteiger partial charge on any atom is 0.0953 e. The molecular weight excluding hydrogens is 210 g/mol. The van der Waals surface area contributed by atoms with E-state index in [1.807, 2.05) is 24.7 Å². The number of nitrogens with two attached hydrogens (primary N) is 1. The van der Waals surface area contributed by atoms with Crippen molar-refractivity contribution in [3.63, 3.8) is 0 Å². The van der Waals surface area contributed by atoms with E-state index >= 15 is 0 Å². The van der Waals surface area contributed by atoms with Gasteiger partial charge in [0, 0.05) is 23.5 Å². The van der Waals surface area contributed by atoms with Gasteiger partial charge in [0.15, 0.2) is 0 Å². The summed E-state index contributed by atoms with van der Waals surface area (Å²) >= 11 is 0. The summed E-state index contributed by atoms with van der Waals surface area (Å²) in [6.07, 6.45) is 6.56. The van der Waals surface area contributed by atoms with Crippen molar-refractivity contribution in [2.45, 2.75) is 31.7 Å². The van der Waals surface area contributed by atoms with Crippen LogP contribution in [-0.4, -0.2) is 9.55 Å². The molecule has 1 aromatic heterocycles. The van der Waals surface area contributed by atoms with E-state index in [4.69, 9.17) is 5.73 Å². The second-order valence-corrected chi connectivity index (χ2v) is 4.84. The molecule has 0 spiro atoms. The SMILES string of the molecule is CC(c1ccc(N)cc1)n1cncc1C1CC1. The van der Waals surface area contributed by atoms with E-state index in [0.29, 0.717) is 6.04 Å². The van der Waals surface area contributed by atoms with E-state index in [2.05, 4.69) is 28.6 Å². The Hall–Kier alpha value is -1.77. The van der Waals surface area contributed by atoms with Gasteiger partial charge in [-0.25, -0.2) is 4.98 Å². The molecule has 3 heteroatoms. The van der Waals surface area contributed by atoms with E-state index in [0.717, 1.165) is 11.6 Å². The van der Waals surface area contributed by atoms with Gasteiger partial charge in [0.2, 0.25) is 0 Å². The zero-order valence-electron chi connectivity index (χ0n) is 10.0. The number of benzene rings is 1. The topological polar surface area (TPSA) is 43.8 Å². The van der Waals surface area contributed by atoms with Crippen LogP contribution in [0.4, 0.5) is 5.69 Å². The summed E-state index contributed by atoms with van der Waals surface area (Å²) in [6.45, 7) is 2.21. The van der Waals surface area contributed by atoms with Gasteiger partial charge in [-0.05, 0) is 37.5 Å². The molecule has 88 valence electrons. The third-order valence-corrected chi connectivity index (χ3v) is 3.53. The highest BCUT2D eigenvalue weighted by Gasteiger charge is 2.28. The zero-order valence-corrected chi connectivity index (χ0v) is 10.0. The van der Waals surface area contributed by atoms with Crippen molar-refractivity contribution >= 4 is 5.69 Å². The fraction of sp³-hybridized carbons (Fsp3) is 0.357. The maximum atomic E-state index is 5.71. The van der Waals surface area contributed by atoms with Crippen LogP contribution in [0.1, 0.15) is 43.0 Å². The first kappa shape index (κ1) is 10.4. The number of anilines is 1. The van der Waals surface area contributed by atoms with Crippen molar-refractivity contribution in [3.8, 4) is 0 Å². The minimum Gasteiger partial charge on any atom is -0.399 e. The molecule has 3 rings (SSSR count). The third-order valence-electron chi connectivity index (χ3n) is 3.53. The summed E-state index contributed by atoms with van der Waals surface area (Å²) in [7, 11) is 0. The van der Waals surface area contributed by atoms with Crippen molar-refractivity contribution < 1.29 is 0 Å². The molecule has 1 saturated carbocycles. The molecule has 2 N–H and O–H groups in total. The van der Waals surface area contributed by atoms with E-state index in [-0.39, 0.29) is 0 Å². The van der Waals surface area contributed by atoms with Crippen molar-refractivity contribution in [1.82, 2.24) is 9.55 Å². The first-order valence-electron chi connectivity index (χ1n) is 6.13. The molecule has 17 heavy (non-hydrogen) atoms. The van der Waals surface area contributed by atoms with Gasteiger partial charge >= 0.3 is 0 Å². The van der Waals surface area contributed by atoms with Crippen LogP contribution in [0.3, 0.4) is 0 Å². The van der Waals surface area contributed by atoms with Gasteiger partial charge in [-0.15, -0.1) is 0 Å². The van der Waals surface area contributed by atoms with Gasteiger partial charge in [-0.3, -0.25) is 0 Å². The molecule has 1 atom stereocenters. The van der Waals surface area contributed by atoms with Crippen LogP contribution in [0.15, 0.2) is 36.8 Å². The monoisotopic (exact) mass is 227 g/mol. The van der Waals surface area contributed by atoms with Crippen LogP contribution in [0.25, 0.3) is 0 Å². The maximum absolute atomic E-state index is 5.71. The second-order valence-electron chi connectivity index (χ2n) is 4.84. The van der Waals surface area contributed by atoms with Gasteiger partial charge in [-0.2, -0.15) is 0 Å². The van der Waals surface area contributed by atoms with Gasteiger partial charge in [0.1, 0.15) is 0 Å². The molecule has 0 aliphatic heterocycles. The quantitative estimate of drug-likeness (QED) is 0.819. The first-order chi connectivity index (χ1) is 8.25. The van der Waals surface area contributed by atoms with Crippen LogP contribution in [0.5, 0.6) is 0 Å². The van der Waals surface area contributed by atoms with Crippen LogP contribution in [0, 0.1) is 0 Å². The largest absolute Gasteiger partial charge is 0.399 e. The summed E-state index contributed by atoms with van der Waals surface area (Å²) in [6, 6.07) is 8.43. The number of aromatic nitrogens is 2. The molecule has 0 bridgehead atoms. The Balaban J connectivity index is 1.92. The number of hydrogen-bond acceptors (Lipinski definition) is 2. The van der Waals surface area contributed by atoms with E-state index in [1.165, 1.54) is 24.1 Å². The predicted octanol–water partition coefficient (Wildman–Crippen LogP) is 2.95. The second kappa shape index (κ2) is 3.91. The van der Waals surface area contributed by atoms with E-state index in [9.17, 15) is 0 Å². The average molecular weight is 227 g/mol. The summed E-state index contributed by atoms with van der Waals surface area (Å²) in [5.74, 6) is 0.730. The zero-order chi connectivity index (χ0) is 11.8. The Labute approximate surface area is 101 Å². The lowest BCUT2D eigenvalue weighted by Crippen LogP contribution is -2.08. The fourth-order valence-electron chi connectivity index (χ4n) is 2.27. The highest BCUT2D eigenvalue weighted by atomic mass is 15.1. The molecule has 1 aliphatic carbocycles. The molecular formula is C14H17N3. The summed E-state index contributed by atoms with van der Waals surface area (Å²) in [5, 5.41) is 0. The number of hydrogen-bond donors (Lipinski definition) is 1. The minimum absolute atomic E-state index is 0.327. The highest BCUT2D eigenvalue weighted by molar-refractivity contribution is 5.40. The first-order valence-corrected chi connectivity index (χ1v) is 6.13. The lowest BCUT2D eigenvalue weighted by molar-refractivity contribution is 0.609. The van der Waals surface area contributed by atoms with Crippen LogP contribution >= 0.6 is 0 Å². The van der Waals surface area contributed by atoms with Gasteiger partial charge < -0.3 is 10.3 Å². The molecule has 3 nitrogen and oxygen atoms in total. The number of imidazole rings is 1. The standard InChI is InChI=1S/C14H17N3/c1-10(11-4-6-13(15)7-5-11)17-9-16-8-14(17)12-2-3-12/h4-10,12H,2-3,15H2,1H3. The molecule has 0 amide bonds. The summed E-state index contributed by atoms with van der Waals surface area (Å²) < 4.78 is 2.28. The molecule has 0 saturated heterocycles. The normalized spacial score (nSPS) is 17.0. The molecule has 1 aliphatic rings. The van der Waals surface area contributed by atoms with Crippen molar-refractivity contribution in [2.75, 3.05) is 5.73 Å². The molecule has 2 aromatic rings. The third kappa shape index (κ3) is 1.93. The van der Waals surface area contributed by atoms with Crippen molar-refractivity contribution in [1.29, 1.82) is 0 Å². The Morgan fingerprint density at radius 2 is 2.00 bits per heavy atom. The Morgan fingerprint density at radius 1 is 1.29 bits per heavy atom. The lowest BCUT2D eigenvalue weighted by atomic mass is 10.1. The average Bonchev–Trinajstić information content (AvgIpc) is 3.07. The minimum atomic E-state index is 0.327. The van der Waals surface area contributed by atoms with Crippen LogP contribution < -0.4 is 5.73 Å². The lowest BCUT2D eigenvalue weighted by Gasteiger charge is -2.17. The Morgan fingerprint density at radius 3 is 2.65 bits per heavy atom. The Kier molecular flexibility index (Phi) is 2.39. The predicted molar refractivity (Wildman–Crippen MR) is 68.9 cm³/mol. The Bertz CT molecular complexity index is 509. The number of rotatable bonds is 3. The number of nitrogens with zero attached hydrogens (tertiary/aromatic N) is 2. The van der Waals surface area contributed by atoms with E-state index in [1.54, 1.807) is 0 Å². The highest BCUT2D eigenvalue weighted by Crippen LogP contribution is 2.41. The van der Waals surface area contributed by atoms with E-state index < -0.39 is 0 Å². The van der Waals surface area contributed by atoms with Gasteiger partial charge in [0.25, 0.3) is 0 Å². The van der Waals surface area contributed by atoms with Gasteiger partial charge in [0.05, 0.1) is 12.4 Å². The van der Waals surface area contributed by atoms with Gasteiger partial charge in [-0.1, -0.05) is 12.1 Å². The summed E-state index contributed by atoms with van der Waals surface area (Å²) in [4.78, 5) is 4.29. The number of nitrogen functional groups attached to an aromatic ring is 1. The fourth-order valence-corrected chi connectivity index (χ4v) is 2.27. The molecule has 1 fully saturated rings. The van der Waals surface area contributed by atoms with Crippen molar-refractivity contribution in [2.24, 2.45) is 0 Å². The molecule has 1 aromatic carbocycles. The van der Waals surface area contributed by atoms with Crippen LogP contribution in [0.2, 0.25) is 0 Å². The summed E-state index contributed by atoms with van der Waals surface area (Å²) in [5.41, 5.74) is 9.18. The molecule has 1 heterocycles.